The molecule has 206 valence electrons. The molecule has 3 aromatic rings. The van der Waals surface area contributed by atoms with E-state index in [-0.39, 0.29) is 24.0 Å². The van der Waals surface area contributed by atoms with E-state index in [2.05, 4.69) is 47.9 Å². The summed E-state index contributed by atoms with van der Waals surface area (Å²) in [5.74, 6) is 0.833. The van der Waals surface area contributed by atoms with Crippen molar-refractivity contribution >= 4 is 34.4 Å². The van der Waals surface area contributed by atoms with Gasteiger partial charge in [0, 0.05) is 61.8 Å². The van der Waals surface area contributed by atoms with Crippen molar-refractivity contribution in [3.63, 3.8) is 0 Å². The number of piperazine rings is 1. The Morgan fingerprint density at radius 2 is 1.72 bits per heavy atom. The van der Waals surface area contributed by atoms with Gasteiger partial charge in [0.15, 0.2) is 0 Å². The van der Waals surface area contributed by atoms with E-state index in [1.807, 2.05) is 36.5 Å². The van der Waals surface area contributed by atoms with Crippen molar-refractivity contribution < 1.29 is 9.59 Å². The fourth-order valence-electron chi connectivity index (χ4n) is 6.17. The van der Waals surface area contributed by atoms with Crippen molar-refractivity contribution in [2.75, 3.05) is 32.7 Å². The van der Waals surface area contributed by atoms with Crippen molar-refractivity contribution in [1.29, 1.82) is 0 Å². The number of carbonyl (C=O) groups excluding carboxylic acids is 2. The quantitative estimate of drug-likeness (QED) is 0.452. The van der Waals surface area contributed by atoms with Crippen LogP contribution in [0, 0.1) is 11.8 Å². The number of rotatable bonds is 6. The van der Waals surface area contributed by atoms with E-state index in [0.717, 1.165) is 42.4 Å². The van der Waals surface area contributed by atoms with Gasteiger partial charge in [-0.05, 0) is 60.1 Å². The molecule has 8 heteroatoms. The van der Waals surface area contributed by atoms with Gasteiger partial charge in [0.2, 0.25) is 5.91 Å². The number of urea groups is 1. The summed E-state index contributed by atoms with van der Waals surface area (Å²) in [4.78, 5) is 36.1. The molecule has 3 heterocycles. The van der Waals surface area contributed by atoms with Crippen LogP contribution in [0.3, 0.4) is 0 Å². The van der Waals surface area contributed by atoms with Crippen LogP contribution in [0.25, 0.3) is 10.9 Å². The first-order chi connectivity index (χ1) is 18.8. The number of benzene rings is 2. The van der Waals surface area contributed by atoms with Gasteiger partial charge in [0.05, 0.1) is 11.6 Å². The van der Waals surface area contributed by atoms with E-state index in [0.29, 0.717) is 42.9 Å². The van der Waals surface area contributed by atoms with Gasteiger partial charge in [-0.2, -0.15) is 0 Å². The summed E-state index contributed by atoms with van der Waals surface area (Å²) in [6.07, 6.45) is 4.18. The molecular formula is C31H38ClN5O2. The Kier molecular flexibility index (Phi) is 8.38. The molecule has 2 saturated heterocycles. The van der Waals surface area contributed by atoms with E-state index in [1.165, 1.54) is 5.56 Å². The molecule has 3 amide bonds. The molecule has 0 saturated carbocycles. The lowest BCUT2D eigenvalue weighted by atomic mass is 9.90. The molecule has 2 atom stereocenters. The molecule has 2 aliphatic rings. The summed E-state index contributed by atoms with van der Waals surface area (Å²) in [5, 5.41) is 1.83. The number of carbonyl (C=O) groups is 2. The third kappa shape index (κ3) is 6.20. The molecule has 0 bridgehead atoms. The van der Waals surface area contributed by atoms with Crippen LogP contribution in [0.4, 0.5) is 4.79 Å². The third-order valence-electron chi connectivity index (χ3n) is 8.41. The summed E-state index contributed by atoms with van der Waals surface area (Å²) in [7, 11) is 0. The van der Waals surface area contributed by atoms with Gasteiger partial charge in [0.1, 0.15) is 0 Å². The highest BCUT2D eigenvalue weighted by Gasteiger charge is 2.37. The molecule has 0 radical (unpaired) electrons. The number of hydrogen-bond acceptors (Lipinski definition) is 4. The van der Waals surface area contributed by atoms with Gasteiger partial charge in [-0.15, -0.1) is 0 Å². The highest BCUT2D eigenvalue weighted by Crippen LogP contribution is 2.34. The largest absolute Gasteiger partial charge is 0.351 e. The number of nitrogens with zero attached hydrogens (tertiary/aromatic N) is 4. The fraction of sp³-hybridized carbons (Fsp3) is 0.452. The Morgan fingerprint density at radius 1 is 1.00 bits per heavy atom. The summed E-state index contributed by atoms with van der Waals surface area (Å²) in [6.45, 7) is 7.92. The van der Waals surface area contributed by atoms with Crippen LogP contribution in [0.15, 0.2) is 60.8 Å². The molecule has 2 N–H and O–H groups in total. The van der Waals surface area contributed by atoms with Crippen LogP contribution >= 0.6 is 11.6 Å². The first kappa shape index (κ1) is 27.4. The minimum Gasteiger partial charge on any atom is -0.351 e. The zero-order valence-electron chi connectivity index (χ0n) is 22.8. The van der Waals surface area contributed by atoms with Gasteiger partial charge >= 0.3 is 6.03 Å². The molecule has 7 nitrogen and oxygen atoms in total. The fourth-order valence-corrected chi connectivity index (χ4v) is 6.29. The monoisotopic (exact) mass is 547 g/mol. The number of halogens is 1. The third-order valence-corrected chi connectivity index (χ3v) is 8.66. The van der Waals surface area contributed by atoms with E-state index < -0.39 is 0 Å². The van der Waals surface area contributed by atoms with Crippen LogP contribution < -0.4 is 5.73 Å². The Labute approximate surface area is 235 Å². The second kappa shape index (κ2) is 11.9. The number of amides is 3. The van der Waals surface area contributed by atoms with Crippen molar-refractivity contribution in [3.05, 3.63) is 76.9 Å². The molecule has 1 aromatic heterocycles. The number of nitrogens with two attached hydrogens (primary N) is 1. The molecule has 0 aliphatic carbocycles. The number of primary amides is 1. The van der Waals surface area contributed by atoms with E-state index in [1.54, 1.807) is 4.90 Å². The van der Waals surface area contributed by atoms with Crippen molar-refractivity contribution in [2.24, 2.45) is 17.6 Å². The lowest BCUT2D eigenvalue weighted by Crippen LogP contribution is -2.58. The van der Waals surface area contributed by atoms with E-state index >= 15 is 0 Å². The molecule has 2 aromatic carbocycles. The number of para-hydroxylation sites is 1. The molecule has 39 heavy (non-hydrogen) atoms. The summed E-state index contributed by atoms with van der Waals surface area (Å²) < 4.78 is 0. The Morgan fingerprint density at radius 3 is 2.41 bits per heavy atom. The number of pyridine rings is 1. The van der Waals surface area contributed by atoms with Crippen LogP contribution in [0.2, 0.25) is 5.02 Å². The predicted octanol–water partition coefficient (Wildman–Crippen LogP) is 5.33. The van der Waals surface area contributed by atoms with Gasteiger partial charge in [0.25, 0.3) is 0 Å². The second-order valence-corrected chi connectivity index (χ2v) is 11.7. The van der Waals surface area contributed by atoms with Crippen LogP contribution in [-0.4, -0.2) is 70.4 Å². The molecular weight excluding hydrogens is 510 g/mol. The Hall–Kier alpha value is -3.16. The van der Waals surface area contributed by atoms with Crippen molar-refractivity contribution in [1.82, 2.24) is 19.7 Å². The highest BCUT2D eigenvalue weighted by molar-refractivity contribution is 6.30. The topological polar surface area (TPSA) is 82.8 Å². The lowest BCUT2D eigenvalue weighted by Gasteiger charge is -2.46. The average Bonchev–Trinajstić information content (AvgIpc) is 2.94. The van der Waals surface area contributed by atoms with Gasteiger partial charge in [-0.3, -0.25) is 14.7 Å². The van der Waals surface area contributed by atoms with Crippen LogP contribution in [0.1, 0.15) is 50.3 Å². The maximum absolute atomic E-state index is 13.6. The normalized spacial score (nSPS) is 19.9. The lowest BCUT2D eigenvalue weighted by molar-refractivity contribution is -0.139. The number of fused-ring (bicyclic) bond motifs is 1. The minimum absolute atomic E-state index is 0.0102. The summed E-state index contributed by atoms with van der Waals surface area (Å²) in [6, 6.07) is 18.3. The SMILES string of the molecule is CC(C)[C@H]1CN(C(c2ccc(Cl)cc2)c2cnc3ccccc3c2)CCN1C(=O)CC1CCN(C(N)=O)CC1. The molecule has 5 rings (SSSR count). The zero-order chi connectivity index (χ0) is 27.5. The summed E-state index contributed by atoms with van der Waals surface area (Å²) >= 11 is 6.25. The van der Waals surface area contributed by atoms with Crippen molar-refractivity contribution in [2.45, 2.75) is 45.2 Å². The highest BCUT2D eigenvalue weighted by atomic mass is 35.5. The maximum atomic E-state index is 13.6. The van der Waals surface area contributed by atoms with Gasteiger partial charge in [-0.25, -0.2) is 4.79 Å². The first-order valence-electron chi connectivity index (χ1n) is 14.0. The molecule has 0 spiro atoms. The van der Waals surface area contributed by atoms with Crippen LogP contribution in [-0.2, 0) is 4.79 Å². The molecule has 1 unspecified atom stereocenters. The average molecular weight is 548 g/mol. The second-order valence-electron chi connectivity index (χ2n) is 11.3. The van der Waals surface area contributed by atoms with Gasteiger partial charge in [-0.1, -0.05) is 55.8 Å². The molecule has 2 aliphatic heterocycles. The Balaban J connectivity index is 1.36. The van der Waals surface area contributed by atoms with Crippen LogP contribution in [0.5, 0.6) is 0 Å². The van der Waals surface area contributed by atoms with Crippen molar-refractivity contribution in [3.8, 4) is 0 Å². The number of likely N-dealkylation sites (tertiary alicyclic amines) is 1. The van der Waals surface area contributed by atoms with Gasteiger partial charge < -0.3 is 15.5 Å². The first-order valence-corrected chi connectivity index (χ1v) is 14.4. The smallest absolute Gasteiger partial charge is 0.314 e. The number of hydrogen-bond donors (Lipinski definition) is 1. The number of aromatic nitrogens is 1. The standard InChI is InChI=1S/C31H38ClN5O2/c1-21(2)28-20-36(15-16-37(28)29(38)17-22-11-13-35(14-12-22)31(33)39)30(23-7-9-26(32)10-8-23)25-18-24-5-3-4-6-27(24)34-19-25/h3-10,18-19,21-22,28,30H,11-17,20H2,1-2H3,(H2,33,39)/t28-,30?/m1/s1. The maximum Gasteiger partial charge on any atom is 0.314 e. The minimum atomic E-state index is -0.368. The summed E-state index contributed by atoms with van der Waals surface area (Å²) in [5.41, 5.74) is 8.72. The molecule has 2 fully saturated rings. The number of piperidine rings is 1. The predicted molar refractivity (Wildman–Crippen MR) is 155 cm³/mol. The zero-order valence-corrected chi connectivity index (χ0v) is 23.6. The van der Waals surface area contributed by atoms with E-state index in [4.69, 9.17) is 22.3 Å². The van der Waals surface area contributed by atoms with E-state index in [9.17, 15) is 9.59 Å². The Bertz CT molecular complexity index is 1310.